The first-order valence-electron chi connectivity index (χ1n) is 4.95. The van der Waals surface area contributed by atoms with Crippen LogP contribution in [0.2, 0.25) is 0 Å². The van der Waals surface area contributed by atoms with Crippen LogP contribution in [0.3, 0.4) is 0 Å². The summed E-state index contributed by atoms with van der Waals surface area (Å²) in [4.78, 5) is 0.395. The van der Waals surface area contributed by atoms with Crippen LogP contribution in [0.25, 0.3) is 0 Å². The summed E-state index contributed by atoms with van der Waals surface area (Å²) in [5.41, 5.74) is 0. The SMILES string of the molecule is O=S(=O)(NCc1cccs1)c1cc(F)cc(F)c1. The van der Waals surface area contributed by atoms with Gasteiger partial charge in [-0.3, -0.25) is 0 Å². The summed E-state index contributed by atoms with van der Waals surface area (Å²) < 4.78 is 51.7. The monoisotopic (exact) mass is 289 g/mol. The van der Waals surface area contributed by atoms with E-state index in [1.165, 1.54) is 11.3 Å². The molecule has 0 bridgehead atoms. The predicted molar refractivity (Wildman–Crippen MR) is 64.7 cm³/mol. The molecule has 0 aliphatic heterocycles. The third-order valence-corrected chi connectivity index (χ3v) is 4.42. The lowest BCUT2D eigenvalue weighted by atomic mass is 10.3. The number of nitrogens with one attached hydrogen (secondary N) is 1. The fraction of sp³-hybridized carbons (Fsp3) is 0.0909. The van der Waals surface area contributed by atoms with Crippen LogP contribution < -0.4 is 4.72 Å². The van der Waals surface area contributed by atoms with Crippen LogP contribution in [-0.4, -0.2) is 8.42 Å². The van der Waals surface area contributed by atoms with E-state index < -0.39 is 26.6 Å². The smallest absolute Gasteiger partial charge is 0.207 e. The van der Waals surface area contributed by atoms with E-state index in [1.54, 1.807) is 12.1 Å². The molecule has 1 heterocycles. The lowest BCUT2D eigenvalue weighted by Gasteiger charge is -2.06. The van der Waals surface area contributed by atoms with Crippen LogP contribution in [0.4, 0.5) is 8.78 Å². The zero-order valence-electron chi connectivity index (χ0n) is 9.06. The van der Waals surface area contributed by atoms with Crippen molar-refractivity contribution in [1.82, 2.24) is 4.72 Å². The molecule has 96 valence electrons. The van der Waals surface area contributed by atoms with E-state index in [1.807, 2.05) is 5.38 Å². The van der Waals surface area contributed by atoms with Gasteiger partial charge in [0.15, 0.2) is 0 Å². The molecule has 1 aromatic heterocycles. The Morgan fingerprint density at radius 2 is 1.83 bits per heavy atom. The van der Waals surface area contributed by atoms with E-state index in [0.717, 1.165) is 17.0 Å². The van der Waals surface area contributed by atoms with Crippen LogP contribution in [0.1, 0.15) is 4.88 Å². The van der Waals surface area contributed by atoms with E-state index in [0.29, 0.717) is 6.07 Å². The van der Waals surface area contributed by atoms with Gasteiger partial charge in [0.1, 0.15) is 11.6 Å². The minimum absolute atomic E-state index is 0.0954. The topological polar surface area (TPSA) is 46.2 Å². The van der Waals surface area contributed by atoms with Crippen molar-refractivity contribution in [2.24, 2.45) is 0 Å². The number of hydrogen-bond donors (Lipinski definition) is 1. The molecule has 0 saturated heterocycles. The van der Waals surface area contributed by atoms with E-state index >= 15 is 0 Å². The highest BCUT2D eigenvalue weighted by atomic mass is 32.2. The Bertz CT molecular complexity index is 619. The number of rotatable bonds is 4. The third kappa shape index (κ3) is 3.12. The third-order valence-electron chi connectivity index (χ3n) is 2.16. The minimum Gasteiger partial charge on any atom is -0.207 e. The Hall–Kier alpha value is -1.31. The molecule has 18 heavy (non-hydrogen) atoms. The highest BCUT2D eigenvalue weighted by Gasteiger charge is 2.16. The van der Waals surface area contributed by atoms with Gasteiger partial charge in [0, 0.05) is 17.5 Å². The van der Waals surface area contributed by atoms with Gasteiger partial charge in [-0.1, -0.05) is 6.07 Å². The van der Waals surface area contributed by atoms with Crippen LogP contribution in [0.15, 0.2) is 40.6 Å². The van der Waals surface area contributed by atoms with Crippen LogP contribution in [0.5, 0.6) is 0 Å². The molecule has 0 spiro atoms. The molecular weight excluding hydrogens is 280 g/mol. The molecular formula is C11H9F2NO2S2. The molecule has 0 unspecified atom stereocenters. The van der Waals surface area contributed by atoms with Gasteiger partial charge < -0.3 is 0 Å². The molecule has 3 nitrogen and oxygen atoms in total. The molecule has 0 fully saturated rings. The van der Waals surface area contributed by atoms with E-state index in [9.17, 15) is 17.2 Å². The van der Waals surface area contributed by atoms with Crippen molar-refractivity contribution in [3.63, 3.8) is 0 Å². The highest BCUT2D eigenvalue weighted by Crippen LogP contribution is 2.15. The second kappa shape index (κ2) is 5.13. The molecule has 0 radical (unpaired) electrons. The first-order valence-corrected chi connectivity index (χ1v) is 7.32. The quantitative estimate of drug-likeness (QED) is 0.940. The summed E-state index contributed by atoms with van der Waals surface area (Å²) in [6.45, 7) is 0.0954. The highest BCUT2D eigenvalue weighted by molar-refractivity contribution is 7.89. The van der Waals surface area contributed by atoms with Gasteiger partial charge in [0.25, 0.3) is 0 Å². The zero-order valence-corrected chi connectivity index (χ0v) is 10.7. The summed E-state index contributed by atoms with van der Waals surface area (Å²) in [6, 6.07) is 5.73. The fourth-order valence-corrected chi connectivity index (χ4v) is 3.13. The number of sulfonamides is 1. The largest absolute Gasteiger partial charge is 0.241 e. The normalized spacial score (nSPS) is 11.7. The summed E-state index contributed by atoms with van der Waals surface area (Å²) >= 11 is 1.39. The van der Waals surface area contributed by atoms with Crippen molar-refractivity contribution in [2.75, 3.05) is 0 Å². The maximum Gasteiger partial charge on any atom is 0.241 e. The van der Waals surface area contributed by atoms with Gasteiger partial charge in [0.05, 0.1) is 4.90 Å². The summed E-state index contributed by atoms with van der Waals surface area (Å²) in [7, 11) is -3.90. The lowest BCUT2D eigenvalue weighted by Crippen LogP contribution is -2.23. The molecule has 0 amide bonds. The summed E-state index contributed by atoms with van der Waals surface area (Å²) in [5, 5.41) is 1.81. The second-order valence-electron chi connectivity index (χ2n) is 3.51. The van der Waals surface area contributed by atoms with Gasteiger partial charge in [-0.15, -0.1) is 11.3 Å². The molecule has 7 heteroatoms. The molecule has 2 aromatic rings. The van der Waals surface area contributed by atoms with Gasteiger partial charge in [-0.25, -0.2) is 21.9 Å². The van der Waals surface area contributed by atoms with Gasteiger partial charge in [0.2, 0.25) is 10.0 Å². The van der Waals surface area contributed by atoms with Crippen molar-refractivity contribution in [3.05, 3.63) is 52.2 Å². The number of hydrogen-bond acceptors (Lipinski definition) is 3. The molecule has 0 aliphatic carbocycles. The zero-order chi connectivity index (χ0) is 13.2. The average Bonchev–Trinajstić information content (AvgIpc) is 2.78. The molecule has 0 saturated carbocycles. The van der Waals surface area contributed by atoms with Crippen molar-refractivity contribution in [3.8, 4) is 0 Å². The predicted octanol–water partition coefficient (Wildman–Crippen LogP) is 2.50. The van der Waals surface area contributed by atoms with Crippen molar-refractivity contribution in [2.45, 2.75) is 11.4 Å². The Balaban J connectivity index is 2.20. The Kier molecular flexibility index (Phi) is 3.74. The second-order valence-corrected chi connectivity index (χ2v) is 6.31. The maximum atomic E-state index is 12.9. The van der Waals surface area contributed by atoms with Gasteiger partial charge >= 0.3 is 0 Å². The number of halogens is 2. The van der Waals surface area contributed by atoms with Crippen molar-refractivity contribution in [1.29, 1.82) is 0 Å². The van der Waals surface area contributed by atoms with Gasteiger partial charge in [-0.2, -0.15) is 0 Å². The first-order chi connectivity index (χ1) is 8.47. The van der Waals surface area contributed by atoms with Crippen molar-refractivity contribution >= 4 is 21.4 Å². The average molecular weight is 289 g/mol. The lowest BCUT2D eigenvalue weighted by molar-refractivity contribution is 0.561. The fourth-order valence-electron chi connectivity index (χ4n) is 1.35. The Labute approximate surface area is 107 Å². The summed E-state index contributed by atoms with van der Waals surface area (Å²) in [5.74, 6) is -1.85. The van der Waals surface area contributed by atoms with E-state index in [4.69, 9.17) is 0 Å². The maximum absolute atomic E-state index is 12.9. The van der Waals surface area contributed by atoms with E-state index in [2.05, 4.69) is 4.72 Å². The Morgan fingerprint density at radius 3 is 2.39 bits per heavy atom. The van der Waals surface area contributed by atoms with Gasteiger partial charge in [-0.05, 0) is 23.6 Å². The Morgan fingerprint density at radius 1 is 1.17 bits per heavy atom. The standard InChI is InChI=1S/C11H9F2NO2S2/c12-8-4-9(13)6-11(5-8)18(15,16)14-7-10-2-1-3-17-10/h1-6,14H,7H2. The summed E-state index contributed by atoms with van der Waals surface area (Å²) in [6.07, 6.45) is 0. The molecule has 0 aliphatic rings. The molecule has 1 N–H and O–H groups in total. The van der Waals surface area contributed by atoms with Crippen LogP contribution in [0, 0.1) is 11.6 Å². The van der Waals surface area contributed by atoms with Crippen LogP contribution >= 0.6 is 11.3 Å². The molecule has 2 rings (SSSR count). The van der Waals surface area contributed by atoms with Crippen molar-refractivity contribution < 1.29 is 17.2 Å². The van der Waals surface area contributed by atoms with Crippen LogP contribution in [-0.2, 0) is 16.6 Å². The van der Waals surface area contributed by atoms with E-state index in [-0.39, 0.29) is 6.54 Å². The molecule has 0 atom stereocenters. The minimum atomic E-state index is -3.90. The first kappa shape index (κ1) is 13.1. The number of benzene rings is 1. The number of thiophene rings is 1. The molecule has 1 aromatic carbocycles.